The Morgan fingerprint density at radius 2 is 1.81 bits per heavy atom. The highest BCUT2D eigenvalue weighted by atomic mass is 16.6. The van der Waals surface area contributed by atoms with Gasteiger partial charge in [-0.15, -0.1) is 0 Å². The Morgan fingerprint density at radius 1 is 1.12 bits per heavy atom. The first-order chi connectivity index (χ1) is 20.2. The van der Waals surface area contributed by atoms with Crippen LogP contribution in [0.5, 0.6) is 5.75 Å². The fraction of sp³-hybridized carbons (Fsp3) is 0.367. The second-order valence-electron chi connectivity index (χ2n) is 9.47. The summed E-state index contributed by atoms with van der Waals surface area (Å²) in [5.41, 5.74) is 1.85. The maximum absolute atomic E-state index is 13.3. The van der Waals surface area contributed by atoms with Crippen LogP contribution >= 0.6 is 0 Å². The summed E-state index contributed by atoms with van der Waals surface area (Å²) in [7, 11) is 0. The van der Waals surface area contributed by atoms with Crippen LogP contribution in [-0.4, -0.2) is 61.0 Å². The summed E-state index contributed by atoms with van der Waals surface area (Å²) >= 11 is 0. The number of nitrogens with one attached hydrogen (secondary N) is 2. The topological polar surface area (TPSA) is 173 Å². The minimum atomic E-state index is -0.933. The zero-order valence-corrected chi connectivity index (χ0v) is 23.7. The number of rotatable bonds is 14. The molecule has 0 bridgehead atoms. The van der Waals surface area contributed by atoms with Crippen molar-refractivity contribution in [2.45, 2.75) is 39.2 Å². The molecule has 12 heteroatoms. The molecule has 0 aliphatic carbocycles. The zero-order chi connectivity index (χ0) is 30.6. The number of hydrogen-bond donors (Lipinski definition) is 3. The molecule has 12 nitrogen and oxygen atoms in total. The number of ether oxygens (including phenoxy) is 3. The minimum absolute atomic E-state index is 0.00409. The SMILES string of the molecule is CCOC(=O)C1=C(C)NC(C)=C(C(=O)OCCCNCC(O)COc2ccccc2C#N)C1c1cccc([N+](=O)[O-])c1. The lowest BCUT2D eigenvalue weighted by molar-refractivity contribution is -0.384. The molecule has 2 aromatic carbocycles. The summed E-state index contributed by atoms with van der Waals surface area (Å²) in [6.07, 6.45) is -0.398. The van der Waals surface area contributed by atoms with Crippen LogP contribution in [0, 0.1) is 21.4 Å². The highest BCUT2D eigenvalue weighted by molar-refractivity contribution is 6.00. The van der Waals surface area contributed by atoms with E-state index in [1.165, 1.54) is 18.2 Å². The molecule has 3 N–H and O–H groups in total. The molecule has 2 unspecified atom stereocenters. The second-order valence-corrected chi connectivity index (χ2v) is 9.47. The number of nitrogens with zero attached hydrogens (tertiary/aromatic N) is 2. The number of nitriles is 1. The third kappa shape index (κ3) is 8.15. The predicted octanol–water partition coefficient (Wildman–Crippen LogP) is 3.23. The summed E-state index contributed by atoms with van der Waals surface area (Å²) in [6.45, 7) is 5.81. The number of benzene rings is 2. The number of allylic oxidation sites excluding steroid dienone is 2. The lowest BCUT2D eigenvalue weighted by Gasteiger charge is -2.30. The van der Waals surface area contributed by atoms with Crippen LogP contribution in [0.3, 0.4) is 0 Å². The van der Waals surface area contributed by atoms with Crippen LogP contribution in [0.4, 0.5) is 5.69 Å². The summed E-state index contributed by atoms with van der Waals surface area (Å²) in [4.78, 5) is 37.2. The molecule has 222 valence electrons. The maximum Gasteiger partial charge on any atom is 0.336 e. The molecule has 0 saturated carbocycles. The smallest absolute Gasteiger partial charge is 0.336 e. The van der Waals surface area contributed by atoms with E-state index < -0.39 is 28.9 Å². The molecule has 2 aromatic rings. The first-order valence-corrected chi connectivity index (χ1v) is 13.5. The minimum Gasteiger partial charge on any atom is -0.489 e. The van der Waals surface area contributed by atoms with E-state index in [-0.39, 0.29) is 43.2 Å². The van der Waals surface area contributed by atoms with Crippen molar-refractivity contribution in [3.63, 3.8) is 0 Å². The molecule has 0 aromatic heterocycles. The van der Waals surface area contributed by atoms with E-state index in [4.69, 9.17) is 19.5 Å². The number of carbonyl (C=O) groups is 2. The number of hydrogen-bond acceptors (Lipinski definition) is 11. The van der Waals surface area contributed by atoms with Crippen molar-refractivity contribution in [1.82, 2.24) is 10.6 Å². The fourth-order valence-electron chi connectivity index (χ4n) is 4.53. The molecular formula is C30H34N4O8. The molecule has 0 radical (unpaired) electrons. The molecule has 2 atom stereocenters. The van der Waals surface area contributed by atoms with Gasteiger partial charge >= 0.3 is 11.9 Å². The number of para-hydroxylation sites is 1. The Balaban J connectivity index is 1.60. The number of nitro groups is 1. The summed E-state index contributed by atoms with van der Waals surface area (Å²) in [5, 5.41) is 36.9. The van der Waals surface area contributed by atoms with E-state index in [9.17, 15) is 24.8 Å². The predicted molar refractivity (Wildman–Crippen MR) is 152 cm³/mol. The van der Waals surface area contributed by atoms with Crippen molar-refractivity contribution in [3.8, 4) is 11.8 Å². The molecule has 1 aliphatic heterocycles. The van der Waals surface area contributed by atoms with Gasteiger partial charge in [-0.05, 0) is 51.4 Å². The molecular weight excluding hydrogens is 544 g/mol. The standard InChI is InChI=1S/C30H34N4O8/c1-4-40-29(36)26-19(2)33-20(3)27(28(26)21-10-7-11-23(15-21)34(38)39)30(37)41-14-8-13-32-17-24(35)18-42-25-12-6-5-9-22(25)16-31/h5-7,9-12,15,24,28,32-33,35H,4,8,13-14,17-18H2,1-3H3. The van der Waals surface area contributed by atoms with E-state index in [0.29, 0.717) is 41.2 Å². The monoisotopic (exact) mass is 578 g/mol. The van der Waals surface area contributed by atoms with Crippen molar-refractivity contribution in [3.05, 3.63) is 92.3 Å². The van der Waals surface area contributed by atoms with Gasteiger partial charge in [-0.2, -0.15) is 5.26 Å². The molecule has 3 rings (SSSR count). The van der Waals surface area contributed by atoms with Gasteiger partial charge in [-0.25, -0.2) is 9.59 Å². The summed E-state index contributed by atoms with van der Waals surface area (Å²) < 4.78 is 16.3. The van der Waals surface area contributed by atoms with Crippen molar-refractivity contribution < 1.29 is 33.8 Å². The van der Waals surface area contributed by atoms with Gasteiger partial charge in [-0.1, -0.05) is 24.3 Å². The molecule has 42 heavy (non-hydrogen) atoms. The van der Waals surface area contributed by atoms with Crippen LogP contribution in [0.25, 0.3) is 0 Å². The van der Waals surface area contributed by atoms with E-state index in [2.05, 4.69) is 10.6 Å². The lowest BCUT2D eigenvalue weighted by Crippen LogP contribution is -2.33. The lowest BCUT2D eigenvalue weighted by atomic mass is 9.80. The quantitative estimate of drug-likeness (QED) is 0.130. The Labute approximate surface area is 243 Å². The second kappa shape index (κ2) is 15.3. The molecule has 1 heterocycles. The Bertz CT molecular complexity index is 1410. The highest BCUT2D eigenvalue weighted by Gasteiger charge is 2.38. The molecule has 1 aliphatic rings. The number of dihydropyridines is 1. The summed E-state index contributed by atoms with van der Waals surface area (Å²) in [5.74, 6) is -1.85. The van der Waals surface area contributed by atoms with Gasteiger partial charge in [-0.3, -0.25) is 10.1 Å². The van der Waals surface area contributed by atoms with Gasteiger partial charge in [0.2, 0.25) is 0 Å². The van der Waals surface area contributed by atoms with E-state index >= 15 is 0 Å². The number of carbonyl (C=O) groups excluding carboxylic acids is 2. The highest BCUT2D eigenvalue weighted by Crippen LogP contribution is 2.40. The molecule has 0 amide bonds. The van der Waals surface area contributed by atoms with Crippen LogP contribution in [0.2, 0.25) is 0 Å². The largest absolute Gasteiger partial charge is 0.489 e. The number of aliphatic hydroxyl groups excluding tert-OH is 1. The van der Waals surface area contributed by atoms with E-state index in [1.54, 1.807) is 51.1 Å². The van der Waals surface area contributed by atoms with E-state index in [0.717, 1.165) is 0 Å². The molecule has 0 fully saturated rings. The van der Waals surface area contributed by atoms with Gasteiger partial charge in [0.05, 0.1) is 40.8 Å². The Morgan fingerprint density at radius 3 is 2.48 bits per heavy atom. The van der Waals surface area contributed by atoms with Gasteiger partial charge < -0.3 is 30.0 Å². The van der Waals surface area contributed by atoms with Crippen molar-refractivity contribution in [2.24, 2.45) is 0 Å². The fourth-order valence-corrected chi connectivity index (χ4v) is 4.53. The number of nitro benzene ring substituents is 1. The average molecular weight is 579 g/mol. The van der Waals surface area contributed by atoms with Crippen LogP contribution in [0.1, 0.15) is 44.2 Å². The van der Waals surface area contributed by atoms with Crippen LogP contribution < -0.4 is 15.4 Å². The number of aliphatic hydroxyl groups is 1. The van der Waals surface area contributed by atoms with Gasteiger partial charge in [0.1, 0.15) is 24.5 Å². The molecule has 0 saturated heterocycles. The normalized spacial score (nSPS) is 15.4. The van der Waals surface area contributed by atoms with Crippen LogP contribution in [0.15, 0.2) is 71.1 Å². The summed E-state index contributed by atoms with van der Waals surface area (Å²) in [6, 6.07) is 14.6. The third-order valence-electron chi connectivity index (χ3n) is 6.44. The Kier molecular flexibility index (Phi) is 11.6. The van der Waals surface area contributed by atoms with Crippen molar-refractivity contribution >= 4 is 17.6 Å². The van der Waals surface area contributed by atoms with Gasteiger partial charge in [0, 0.05) is 30.1 Å². The van der Waals surface area contributed by atoms with Gasteiger partial charge in [0.25, 0.3) is 5.69 Å². The third-order valence-corrected chi connectivity index (χ3v) is 6.44. The van der Waals surface area contributed by atoms with Crippen molar-refractivity contribution in [1.29, 1.82) is 5.26 Å². The first kappa shape index (κ1) is 31.8. The van der Waals surface area contributed by atoms with Crippen LogP contribution in [-0.2, 0) is 19.1 Å². The Hall–Kier alpha value is -4.73. The number of esters is 2. The zero-order valence-electron chi connectivity index (χ0n) is 23.7. The average Bonchev–Trinajstić information content (AvgIpc) is 2.97. The number of non-ortho nitro benzene ring substituents is 1. The van der Waals surface area contributed by atoms with Crippen molar-refractivity contribution in [2.75, 3.05) is 32.9 Å². The molecule has 0 spiro atoms. The first-order valence-electron chi connectivity index (χ1n) is 13.5. The maximum atomic E-state index is 13.3. The van der Waals surface area contributed by atoms with Gasteiger partial charge in [0.15, 0.2) is 0 Å². The van der Waals surface area contributed by atoms with E-state index in [1.807, 2.05) is 6.07 Å².